The maximum absolute atomic E-state index is 4.27. The summed E-state index contributed by atoms with van der Waals surface area (Å²) in [7, 11) is 0. The van der Waals surface area contributed by atoms with Crippen molar-refractivity contribution in [2.75, 3.05) is 13.1 Å². The van der Waals surface area contributed by atoms with Crippen LogP contribution in [0, 0.1) is 5.92 Å². The van der Waals surface area contributed by atoms with Crippen LogP contribution >= 0.6 is 0 Å². The second-order valence-corrected chi connectivity index (χ2v) is 6.49. The van der Waals surface area contributed by atoms with Gasteiger partial charge in [0.25, 0.3) is 0 Å². The molecule has 0 radical (unpaired) electrons. The van der Waals surface area contributed by atoms with Crippen molar-refractivity contribution in [3.63, 3.8) is 0 Å². The van der Waals surface area contributed by atoms with E-state index in [0.717, 1.165) is 25.5 Å². The molecule has 1 saturated heterocycles. The molecule has 22 heavy (non-hydrogen) atoms. The van der Waals surface area contributed by atoms with Gasteiger partial charge in [0.15, 0.2) is 5.82 Å². The molecule has 8 heteroatoms. The Labute approximate surface area is 129 Å². The van der Waals surface area contributed by atoms with Crippen LogP contribution in [-0.4, -0.2) is 53.2 Å². The average Bonchev–Trinajstić information content (AvgIpc) is 3.06. The molecule has 1 unspecified atom stereocenters. The van der Waals surface area contributed by atoms with E-state index in [9.17, 15) is 0 Å². The van der Waals surface area contributed by atoms with Crippen molar-refractivity contribution in [2.45, 2.75) is 51.2 Å². The summed E-state index contributed by atoms with van der Waals surface area (Å²) in [6.07, 6.45) is 8.49. The Bertz CT molecular complexity index is 594. The van der Waals surface area contributed by atoms with E-state index in [1.807, 2.05) is 15.6 Å². The molecule has 8 nitrogen and oxygen atoms in total. The second kappa shape index (κ2) is 5.75. The largest absolute Gasteiger partial charge is 0.294 e. The van der Waals surface area contributed by atoms with Gasteiger partial charge >= 0.3 is 0 Å². The van der Waals surface area contributed by atoms with Crippen LogP contribution in [0.5, 0.6) is 0 Å². The molecule has 2 aliphatic rings. The van der Waals surface area contributed by atoms with Gasteiger partial charge in [0.05, 0.1) is 18.3 Å². The van der Waals surface area contributed by atoms with E-state index in [-0.39, 0.29) is 0 Å². The number of hydrogen-bond acceptors (Lipinski definition) is 6. The van der Waals surface area contributed by atoms with Gasteiger partial charge in [-0.1, -0.05) is 5.21 Å². The first-order chi connectivity index (χ1) is 10.8. The maximum atomic E-state index is 4.27. The lowest BCUT2D eigenvalue weighted by Crippen LogP contribution is -2.37. The van der Waals surface area contributed by atoms with Crippen LogP contribution < -0.4 is 0 Å². The Hall–Kier alpha value is -1.83. The number of nitrogens with zero attached hydrogens (tertiary/aromatic N) is 8. The highest BCUT2D eigenvalue weighted by Crippen LogP contribution is 2.36. The lowest BCUT2D eigenvalue weighted by Gasteiger charge is -2.35. The average molecular weight is 302 g/mol. The number of aromatic nitrogens is 7. The van der Waals surface area contributed by atoms with E-state index in [1.165, 1.54) is 25.7 Å². The standard InChI is InChI=1S/C14H22N8/c1-11(14-16-17-19-22(14)13-2-3-13)20-7-4-12(5-8-20)10-21-9-6-15-18-21/h6,9,11-13H,2-5,7-8,10H2,1H3. The van der Waals surface area contributed by atoms with Crippen molar-refractivity contribution < 1.29 is 0 Å². The predicted molar refractivity (Wildman–Crippen MR) is 78.8 cm³/mol. The predicted octanol–water partition coefficient (Wildman–Crippen LogP) is 1.07. The van der Waals surface area contributed by atoms with Crippen LogP contribution in [0.15, 0.2) is 12.4 Å². The quantitative estimate of drug-likeness (QED) is 0.822. The van der Waals surface area contributed by atoms with E-state index in [2.05, 4.69) is 37.7 Å². The lowest BCUT2D eigenvalue weighted by molar-refractivity contribution is 0.124. The highest BCUT2D eigenvalue weighted by molar-refractivity contribution is 4.97. The van der Waals surface area contributed by atoms with Gasteiger partial charge in [-0.2, -0.15) is 0 Å². The molecule has 1 aliphatic carbocycles. The lowest BCUT2D eigenvalue weighted by atomic mass is 9.96. The Morgan fingerprint density at radius 2 is 2.00 bits per heavy atom. The van der Waals surface area contributed by atoms with Crippen LogP contribution in [0.4, 0.5) is 0 Å². The van der Waals surface area contributed by atoms with Crippen molar-refractivity contribution in [1.82, 2.24) is 40.1 Å². The Morgan fingerprint density at radius 3 is 2.68 bits per heavy atom. The Balaban J connectivity index is 1.35. The van der Waals surface area contributed by atoms with Gasteiger partial charge in [-0.25, -0.2) is 4.68 Å². The third kappa shape index (κ3) is 2.75. The number of rotatable bonds is 5. The van der Waals surface area contributed by atoms with E-state index < -0.39 is 0 Å². The van der Waals surface area contributed by atoms with Gasteiger partial charge < -0.3 is 0 Å². The van der Waals surface area contributed by atoms with Crippen LogP contribution in [0.25, 0.3) is 0 Å². The SMILES string of the molecule is CC(c1nnnn1C1CC1)N1CCC(Cn2ccnn2)CC1. The van der Waals surface area contributed by atoms with E-state index in [4.69, 9.17) is 0 Å². The molecule has 1 aliphatic heterocycles. The topological polar surface area (TPSA) is 77.5 Å². The zero-order valence-electron chi connectivity index (χ0n) is 12.9. The van der Waals surface area contributed by atoms with Crippen molar-refractivity contribution >= 4 is 0 Å². The first-order valence-electron chi connectivity index (χ1n) is 8.17. The molecule has 0 amide bonds. The molecule has 3 heterocycles. The normalized spacial score (nSPS) is 22.0. The minimum atomic E-state index is 0.294. The summed E-state index contributed by atoms with van der Waals surface area (Å²) < 4.78 is 3.98. The fourth-order valence-corrected chi connectivity index (χ4v) is 3.34. The molecule has 2 fully saturated rings. The van der Waals surface area contributed by atoms with Gasteiger partial charge in [0.1, 0.15) is 0 Å². The molecular weight excluding hydrogens is 280 g/mol. The summed E-state index contributed by atoms with van der Waals surface area (Å²) in [5.41, 5.74) is 0. The molecule has 118 valence electrons. The van der Waals surface area contributed by atoms with E-state index in [1.54, 1.807) is 6.20 Å². The molecule has 2 aromatic heterocycles. The van der Waals surface area contributed by atoms with Gasteiger partial charge in [-0.3, -0.25) is 9.58 Å². The summed E-state index contributed by atoms with van der Waals surface area (Å²) in [4.78, 5) is 2.50. The Kier molecular flexibility index (Phi) is 3.61. The monoisotopic (exact) mass is 302 g/mol. The smallest absolute Gasteiger partial charge is 0.168 e. The molecule has 1 atom stereocenters. The van der Waals surface area contributed by atoms with Gasteiger partial charge in [0.2, 0.25) is 0 Å². The van der Waals surface area contributed by atoms with Gasteiger partial charge in [-0.15, -0.1) is 10.2 Å². The minimum absolute atomic E-state index is 0.294. The molecule has 1 saturated carbocycles. The van der Waals surface area contributed by atoms with Crippen molar-refractivity contribution in [1.29, 1.82) is 0 Å². The molecule has 2 aromatic rings. The minimum Gasteiger partial charge on any atom is -0.294 e. The summed E-state index contributed by atoms with van der Waals surface area (Å²) in [5, 5.41) is 20.3. The zero-order valence-corrected chi connectivity index (χ0v) is 12.9. The van der Waals surface area contributed by atoms with E-state index >= 15 is 0 Å². The van der Waals surface area contributed by atoms with Crippen molar-refractivity contribution in [3.8, 4) is 0 Å². The third-order valence-electron chi connectivity index (χ3n) is 4.90. The highest BCUT2D eigenvalue weighted by Gasteiger charge is 2.32. The van der Waals surface area contributed by atoms with Crippen molar-refractivity contribution in [2.24, 2.45) is 5.92 Å². The van der Waals surface area contributed by atoms with Crippen LogP contribution in [-0.2, 0) is 6.54 Å². The fourth-order valence-electron chi connectivity index (χ4n) is 3.34. The third-order valence-corrected chi connectivity index (χ3v) is 4.90. The van der Waals surface area contributed by atoms with Crippen molar-refractivity contribution in [3.05, 3.63) is 18.2 Å². The second-order valence-electron chi connectivity index (χ2n) is 6.49. The summed E-state index contributed by atoms with van der Waals surface area (Å²) in [6, 6.07) is 0.834. The molecule has 0 spiro atoms. The van der Waals surface area contributed by atoms with Crippen LogP contribution in [0.1, 0.15) is 50.5 Å². The van der Waals surface area contributed by atoms with Gasteiger partial charge in [0, 0.05) is 12.7 Å². The number of piperidine rings is 1. The highest BCUT2D eigenvalue weighted by atomic mass is 15.6. The molecule has 0 N–H and O–H groups in total. The summed E-state index contributed by atoms with van der Waals surface area (Å²) in [6.45, 7) is 5.39. The fraction of sp³-hybridized carbons (Fsp3) is 0.786. The van der Waals surface area contributed by atoms with Crippen LogP contribution in [0.2, 0.25) is 0 Å². The molecular formula is C14H22N8. The van der Waals surface area contributed by atoms with Crippen LogP contribution in [0.3, 0.4) is 0 Å². The summed E-state index contributed by atoms with van der Waals surface area (Å²) in [5.74, 6) is 1.71. The maximum Gasteiger partial charge on any atom is 0.168 e. The van der Waals surface area contributed by atoms with E-state index in [0.29, 0.717) is 18.0 Å². The molecule has 4 rings (SSSR count). The molecule has 0 aromatic carbocycles. The number of hydrogen-bond donors (Lipinski definition) is 0. The number of likely N-dealkylation sites (tertiary alicyclic amines) is 1. The molecule has 0 bridgehead atoms. The number of tetrazole rings is 1. The Morgan fingerprint density at radius 1 is 1.18 bits per heavy atom. The first kappa shape index (κ1) is 13.8. The first-order valence-corrected chi connectivity index (χ1v) is 8.17. The van der Waals surface area contributed by atoms with Gasteiger partial charge in [-0.05, 0) is 62.0 Å². The zero-order chi connectivity index (χ0) is 14.9. The summed E-state index contributed by atoms with van der Waals surface area (Å²) >= 11 is 0.